The maximum Gasteiger partial charge on any atom is 0.193 e. The molecule has 0 amide bonds. The van der Waals surface area contributed by atoms with Crippen molar-refractivity contribution in [3.8, 4) is 11.5 Å². The van der Waals surface area contributed by atoms with Gasteiger partial charge in [-0.2, -0.15) is 0 Å². The van der Waals surface area contributed by atoms with Gasteiger partial charge in [0.25, 0.3) is 0 Å². The fourth-order valence-corrected chi connectivity index (χ4v) is 2.86. The standard InChI is InChI=1S/C18H29N3O2/c1-4-19-18(21-12-5-6-13-21)20-11-7-8-15-9-10-16(22-2)17(14-15)23-3/h9-10,14H,4-8,11-13H2,1-3H3,(H,19,20). The summed E-state index contributed by atoms with van der Waals surface area (Å²) >= 11 is 0. The van der Waals surface area contributed by atoms with Crippen molar-refractivity contribution in [1.82, 2.24) is 10.2 Å². The van der Waals surface area contributed by atoms with Gasteiger partial charge in [-0.15, -0.1) is 0 Å². The predicted octanol–water partition coefficient (Wildman–Crippen LogP) is 2.70. The lowest BCUT2D eigenvalue weighted by Gasteiger charge is -2.20. The monoisotopic (exact) mass is 319 g/mol. The molecule has 1 aromatic carbocycles. The highest BCUT2D eigenvalue weighted by atomic mass is 16.5. The third-order valence-corrected chi connectivity index (χ3v) is 4.07. The number of rotatable bonds is 7. The highest BCUT2D eigenvalue weighted by Crippen LogP contribution is 2.27. The second-order valence-electron chi connectivity index (χ2n) is 5.72. The van der Waals surface area contributed by atoms with Crippen LogP contribution in [0.5, 0.6) is 11.5 Å². The van der Waals surface area contributed by atoms with Crippen molar-refractivity contribution in [3.05, 3.63) is 23.8 Å². The van der Waals surface area contributed by atoms with Crippen molar-refractivity contribution in [2.45, 2.75) is 32.6 Å². The molecule has 0 unspecified atom stereocenters. The smallest absolute Gasteiger partial charge is 0.193 e. The van der Waals surface area contributed by atoms with E-state index in [1.807, 2.05) is 12.1 Å². The van der Waals surface area contributed by atoms with E-state index in [2.05, 4.69) is 23.2 Å². The summed E-state index contributed by atoms with van der Waals surface area (Å²) in [6, 6.07) is 6.11. The van der Waals surface area contributed by atoms with E-state index in [1.165, 1.54) is 18.4 Å². The second kappa shape index (κ2) is 9.28. The quantitative estimate of drug-likeness (QED) is 0.477. The van der Waals surface area contributed by atoms with E-state index in [0.29, 0.717) is 0 Å². The molecule has 0 radical (unpaired) electrons. The maximum absolute atomic E-state index is 5.35. The summed E-state index contributed by atoms with van der Waals surface area (Å²) in [4.78, 5) is 7.12. The SMILES string of the molecule is CCNC(=NCCCc1ccc(OC)c(OC)c1)N1CCCC1. The van der Waals surface area contributed by atoms with Crippen LogP contribution in [-0.4, -0.2) is 51.3 Å². The van der Waals surface area contributed by atoms with Crippen molar-refractivity contribution in [2.75, 3.05) is 40.4 Å². The highest BCUT2D eigenvalue weighted by molar-refractivity contribution is 5.80. The molecule has 1 aromatic rings. The molecule has 0 aliphatic carbocycles. The van der Waals surface area contributed by atoms with Gasteiger partial charge in [-0.25, -0.2) is 0 Å². The van der Waals surface area contributed by atoms with E-state index in [9.17, 15) is 0 Å². The fraction of sp³-hybridized carbons (Fsp3) is 0.611. The molecule has 2 rings (SSSR count). The van der Waals surface area contributed by atoms with Crippen LogP contribution in [0.1, 0.15) is 31.7 Å². The second-order valence-corrected chi connectivity index (χ2v) is 5.72. The topological polar surface area (TPSA) is 46.1 Å². The first-order valence-electron chi connectivity index (χ1n) is 8.52. The summed E-state index contributed by atoms with van der Waals surface area (Å²) in [5, 5.41) is 3.40. The summed E-state index contributed by atoms with van der Waals surface area (Å²) in [6.45, 7) is 6.14. The molecule has 1 aliphatic rings. The number of aryl methyl sites for hydroxylation is 1. The summed E-state index contributed by atoms with van der Waals surface area (Å²) in [5.74, 6) is 2.63. The minimum absolute atomic E-state index is 0.776. The largest absolute Gasteiger partial charge is 0.493 e. The van der Waals surface area contributed by atoms with Gasteiger partial charge in [0.05, 0.1) is 14.2 Å². The van der Waals surface area contributed by atoms with E-state index >= 15 is 0 Å². The number of nitrogens with one attached hydrogen (secondary N) is 1. The Morgan fingerprint density at radius 2 is 1.91 bits per heavy atom. The number of benzene rings is 1. The van der Waals surface area contributed by atoms with Gasteiger partial charge in [0.1, 0.15) is 0 Å². The minimum Gasteiger partial charge on any atom is -0.493 e. The van der Waals surface area contributed by atoms with Crippen LogP contribution in [0.3, 0.4) is 0 Å². The lowest BCUT2D eigenvalue weighted by Crippen LogP contribution is -2.39. The normalized spacial score (nSPS) is 14.9. The van der Waals surface area contributed by atoms with Crippen molar-refractivity contribution in [1.29, 1.82) is 0 Å². The van der Waals surface area contributed by atoms with Gasteiger partial charge < -0.3 is 19.7 Å². The van der Waals surface area contributed by atoms with Gasteiger partial charge in [0, 0.05) is 26.2 Å². The van der Waals surface area contributed by atoms with Crippen molar-refractivity contribution in [2.24, 2.45) is 4.99 Å². The molecule has 23 heavy (non-hydrogen) atoms. The first kappa shape index (κ1) is 17.4. The number of hydrogen-bond acceptors (Lipinski definition) is 3. The van der Waals surface area contributed by atoms with E-state index in [0.717, 1.165) is 56.5 Å². The Morgan fingerprint density at radius 3 is 2.57 bits per heavy atom. The van der Waals surface area contributed by atoms with E-state index < -0.39 is 0 Å². The average molecular weight is 319 g/mol. The summed E-state index contributed by atoms with van der Waals surface area (Å²) in [5.41, 5.74) is 1.25. The molecule has 1 fully saturated rings. The molecule has 5 heteroatoms. The van der Waals surface area contributed by atoms with Gasteiger partial charge in [-0.1, -0.05) is 6.07 Å². The van der Waals surface area contributed by atoms with Gasteiger partial charge in [0.2, 0.25) is 0 Å². The van der Waals surface area contributed by atoms with Gasteiger partial charge in [-0.05, 0) is 50.3 Å². The Balaban J connectivity index is 1.86. The average Bonchev–Trinajstić information content (AvgIpc) is 3.11. The lowest BCUT2D eigenvalue weighted by atomic mass is 10.1. The highest BCUT2D eigenvalue weighted by Gasteiger charge is 2.15. The molecule has 128 valence electrons. The molecule has 5 nitrogen and oxygen atoms in total. The number of ether oxygens (including phenoxy) is 2. The first-order chi connectivity index (χ1) is 11.3. The molecule has 1 aliphatic heterocycles. The summed E-state index contributed by atoms with van der Waals surface area (Å²) in [7, 11) is 3.33. The third-order valence-electron chi connectivity index (χ3n) is 4.07. The first-order valence-corrected chi connectivity index (χ1v) is 8.52. The van der Waals surface area contributed by atoms with Crippen LogP contribution in [-0.2, 0) is 6.42 Å². The number of nitrogens with zero attached hydrogens (tertiary/aromatic N) is 2. The Morgan fingerprint density at radius 1 is 1.17 bits per heavy atom. The molecular weight excluding hydrogens is 290 g/mol. The van der Waals surface area contributed by atoms with Crippen LogP contribution in [0.25, 0.3) is 0 Å². The van der Waals surface area contributed by atoms with Gasteiger partial charge >= 0.3 is 0 Å². The maximum atomic E-state index is 5.35. The fourth-order valence-electron chi connectivity index (χ4n) is 2.86. The summed E-state index contributed by atoms with van der Waals surface area (Å²) in [6.07, 6.45) is 4.56. The zero-order valence-electron chi connectivity index (χ0n) is 14.6. The van der Waals surface area contributed by atoms with Crippen LogP contribution >= 0.6 is 0 Å². The van der Waals surface area contributed by atoms with Crippen LogP contribution in [0.4, 0.5) is 0 Å². The molecular formula is C18H29N3O2. The predicted molar refractivity (Wildman–Crippen MR) is 94.7 cm³/mol. The molecule has 0 atom stereocenters. The lowest BCUT2D eigenvalue weighted by molar-refractivity contribution is 0.354. The molecule has 0 aromatic heterocycles. The number of likely N-dealkylation sites (tertiary alicyclic amines) is 1. The third kappa shape index (κ3) is 5.05. The number of hydrogen-bond donors (Lipinski definition) is 1. The minimum atomic E-state index is 0.776. The van der Waals surface area contributed by atoms with Crippen LogP contribution in [0.2, 0.25) is 0 Å². The van der Waals surface area contributed by atoms with Crippen LogP contribution in [0.15, 0.2) is 23.2 Å². The van der Waals surface area contributed by atoms with E-state index in [4.69, 9.17) is 14.5 Å². The number of methoxy groups -OCH3 is 2. The van der Waals surface area contributed by atoms with Gasteiger partial charge in [-0.3, -0.25) is 4.99 Å². The van der Waals surface area contributed by atoms with Gasteiger partial charge in [0.15, 0.2) is 17.5 Å². The number of aliphatic imine (C=N–C) groups is 1. The summed E-state index contributed by atoms with van der Waals surface area (Å²) < 4.78 is 10.6. The Labute approximate surface area is 139 Å². The van der Waals surface area contributed by atoms with E-state index in [-0.39, 0.29) is 0 Å². The molecule has 1 N–H and O–H groups in total. The Hall–Kier alpha value is -1.91. The van der Waals surface area contributed by atoms with Crippen molar-refractivity contribution in [3.63, 3.8) is 0 Å². The molecule has 0 bridgehead atoms. The zero-order valence-corrected chi connectivity index (χ0v) is 14.6. The Kier molecular flexibility index (Phi) is 7.04. The molecule has 0 saturated carbocycles. The van der Waals surface area contributed by atoms with Crippen LogP contribution < -0.4 is 14.8 Å². The number of guanidine groups is 1. The van der Waals surface area contributed by atoms with E-state index in [1.54, 1.807) is 14.2 Å². The molecule has 1 saturated heterocycles. The van der Waals surface area contributed by atoms with Crippen LogP contribution in [0, 0.1) is 0 Å². The Bertz CT molecular complexity index is 511. The molecule has 1 heterocycles. The molecule has 0 spiro atoms. The van der Waals surface area contributed by atoms with Crippen molar-refractivity contribution >= 4 is 5.96 Å². The van der Waals surface area contributed by atoms with Crippen molar-refractivity contribution < 1.29 is 9.47 Å². The zero-order chi connectivity index (χ0) is 16.5.